The molecule has 0 aliphatic carbocycles. The molecule has 0 spiro atoms. The van der Waals surface area contributed by atoms with Gasteiger partial charge >= 0.3 is 0 Å². The number of methoxy groups -OCH3 is 1. The third kappa shape index (κ3) is 5.29. The topological polar surface area (TPSA) is 73.2 Å². The quantitative estimate of drug-likeness (QED) is 0.272. The number of amides is 1. The lowest BCUT2D eigenvalue weighted by molar-refractivity contribution is -0.113. The van der Waals surface area contributed by atoms with Gasteiger partial charge in [0.1, 0.15) is 10.4 Å². The number of ether oxygens (including phenoxy) is 1. The van der Waals surface area contributed by atoms with Gasteiger partial charge in [-0.15, -0.1) is 11.3 Å². The lowest BCUT2D eigenvalue weighted by atomic mass is 10.0. The summed E-state index contributed by atoms with van der Waals surface area (Å²) in [7, 11) is 1.61. The fraction of sp³-hybridized carbons (Fsp3) is 0.240. The molecule has 8 heteroatoms. The Balaban J connectivity index is 1.58. The van der Waals surface area contributed by atoms with Crippen molar-refractivity contribution in [3.63, 3.8) is 0 Å². The molecule has 4 aromatic rings. The molecule has 0 atom stereocenters. The Bertz CT molecular complexity index is 1340. The number of nitrogens with one attached hydrogen (secondary N) is 1. The molecule has 0 saturated carbocycles. The Kier molecular flexibility index (Phi) is 7.15. The van der Waals surface area contributed by atoms with Crippen molar-refractivity contribution in [1.82, 2.24) is 9.55 Å². The van der Waals surface area contributed by atoms with Crippen molar-refractivity contribution in [3.8, 4) is 5.75 Å². The zero-order chi connectivity index (χ0) is 23.4. The Labute approximate surface area is 200 Å². The second-order valence-electron chi connectivity index (χ2n) is 7.85. The number of para-hydroxylation sites is 1. The lowest BCUT2D eigenvalue weighted by Crippen LogP contribution is -2.24. The van der Waals surface area contributed by atoms with E-state index in [0.29, 0.717) is 27.8 Å². The highest BCUT2D eigenvalue weighted by molar-refractivity contribution is 7.99. The van der Waals surface area contributed by atoms with E-state index in [1.807, 2.05) is 60.0 Å². The summed E-state index contributed by atoms with van der Waals surface area (Å²) in [6, 6.07) is 17.2. The van der Waals surface area contributed by atoms with Crippen molar-refractivity contribution >= 4 is 44.9 Å². The molecule has 0 unspecified atom stereocenters. The number of thiophene rings is 1. The standard InChI is InChI=1S/C25H25N3O3S2/c1-16(2)19-9-4-5-10-20(19)26-22(29)15-33-25-27-21-11-12-32-23(21)24(30)28(25)14-17-7-6-8-18(13-17)31-3/h4-13,16H,14-15H2,1-3H3,(H,26,29). The lowest BCUT2D eigenvalue weighted by Gasteiger charge is -2.15. The largest absolute Gasteiger partial charge is 0.497 e. The number of carbonyl (C=O) groups excluding carboxylic acids is 1. The molecule has 2 heterocycles. The van der Waals surface area contributed by atoms with Crippen molar-refractivity contribution in [1.29, 1.82) is 0 Å². The van der Waals surface area contributed by atoms with Gasteiger partial charge in [0.05, 0.1) is 24.9 Å². The van der Waals surface area contributed by atoms with E-state index >= 15 is 0 Å². The zero-order valence-electron chi connectivity index (χ0n) is 18.7. The van der Waals surface area contributed by atoms with Gasteiger partial charge in [0.15, 0.2) is 5.16 Å². The predicted octanol–water partition coefficient (Wildman–Crippen LogP) is 5.37. The molecule has 2 aromatic heterocycles. The highest BCUT2D eigenvalue weighted by atomic mass is 32.2. The third-order valence-electron chi connectivity index (χ3n) is 5.19. The molecule has 6 nitrogen and oxygen atoms in total. The number of nitrogens with zero attached hydrogens (tertiary/aromatic N) is 2. The zero-order valence-corrected chi connectivity index (χ0v) is 20.3. The number of thioether (sulfide) groups is 1. The van der Waals surface area contributed by atoms with Crippen molar-refractivity contribution in [2.45, 2.75) is 31.5 Å². The number of hydrogen-bond donors (Lipinski definition) is 1. The summed E-state index contributed by atoms with van der Waals surface area (Å²) in [5, 5.41) is 5.38. The molecule has 0 bridgehead atoms. The first kappa shape index (κ1) is 23.1. The maximum Gasteiger partial charge on any atom is 0.272 e. The fourth-order valence-corrected chi connectivity index (χ4v) is 5.13. The second kappa shape index (κ2) is 10.2. The van der Waals surface area contributed by atoms with Gasteiger partial charge in [0, 0.05) is 5.69 Å². The molecule has 1 amide bonds. The van der Waals surface area contributed by atoms with E-state index < -0.39 is 0 Å². The van der Waals surface area contributed by atoms with Crippen LogP contribution >= 0.6 is 23.1 Å². The van der Waals surface area contributed by atoms with E-state index in [1.54, 1.807) is 11.7 Å². The van der Waals surface area contributed by atoms with Gasteiger partial charge in [-0.2, -0.15) is 0 Å². The summed E-state index contributed by atoms with van der Waals surface area (Å²) in [6.45, 7) is 4.53. The van der Waals surface area contributed by atoms with Crippen LogP contribution in [0.25, 0.3) is 10.2 Å². The summed E-state index contributed by atoms with van der Waals surface area (Å²) in [6.07, 6.45) is 0. The highest BCUT2D eigenvalue weighted by Crippen LogP contribution is 2.25. The smallest absolute Gasteiger partial charge is 0.272 e. The molecule has 0 fully saturated rings. The predicted molar refractivity (Wildman–Crippen MR) is 136 cm³/mol. The monoisotopic (exact) mass is 479 g/mol. The van der Waals surface area contributed by atoms with Crippen LogP contribution < -0.4 is 15.6 Å². The van der Waals surface area contributed by atoms with Crippen LogP contribution in [0.15, 0.2) is 69.9 Å². The molecule has 170 valence electrons. The normalized spacial score (nSPS) is 11.2. The second-order valence-corrected chi connectivity index (χ2v) is 9.71. The molecule has 1 N–H and O–H groups in total. The molecule has 33 heavy (non-hydrogen) atoms. The van der Waals surface area contributed by atoms with Gasteiger partial charge in [-0.3, -0.25) is 14.2 Å². The van der Waals surface area contributed by atoms with Crippen LogP contribution in [-0.2, 0) is 11.3 Å². The third-order valence-corrected chi connectivity index (χ3v) is 7.06. The van der Waals surface area contributed by atoms with E-state index in [4.69, 9.17) is 4.74 Å². The van der Waals surface area contributed by atoms with Crippen LogP contribution in [0.2, 0.25) is 0 Å². The minimum Gasteiger partial charge on any atom is -0.497 e. The molecular weight excluding hydrogens is 454 g/mol. The number of fused-ring (bicyclic) bond motifs is 1. The minimum absolute atomic E-state index is 0.106. The number of aromatic nitrogens is 2. The van der Waals surface area contributed by atoms with Gasteiger partial charge < -0.3 is 10.1 Å². The number of anilines is 1. The van der Waals surface area contributed by atoms with Gasteiger partial charge in [0.2, 0.25) is 5.91 Å². The van der Waals surface area contributed by atoms with Gasteiger partial charge in [-0.1, -0.05) is 55.9 Å². The SMILES string of the molecule is COc1cccc(Cn2c(SCC(=O)Nc3ccccc3C(C)C)nc3ccsc3c2=O)c1. The van der Waals surface area contributed by atoms with Crippen LogP contribution in [0.5, 0.6) is 5.75 Å². The molecule has 4 rings (SSSR count). The van der Waals surface area contributed by atoms with Crippen LogP contribution in [0.3, 0.4) is 0 Å². The number of rotatable bonds is 8. The molecule has 0 aliphatic heterocycles. The van der Waals surface area contributed by atoms with Crippen molar-refractivity contribution < 1.29 is 9.53 Å². The summed E-state index contributed by atoms with van der Waals surface area (Å²) in [5.74, 6) is 1.03. The summed E-state index contributed by atoms with van der Waals surface area (Å²) >= 11 is 2.64. The maximum atomic E-state index is 13.2. The van der Waals surface area contributed by atoms with E-state index in [0.717, 1.165) is 22.6 Å². The van der Waals surface area contributed by atoms with Gasteiger partial charge in [0.25, 0.3) is 5.56 Å². The number of hydrogen-bond acceptors (Lipinski definition) is 6. The number of benzene rings is 2. The van der Waals surface area contributed by atoms with E-state index in [-0.39, 0.29) is 17.2 Å². The summed E-state index contributed by atoms with van der Waals surface area (Å²) < 4.78 is 7.56. The highest BCUT2D eigenvalue weighted by Gasteiger charge is 2.16. The van der Waals surface area contributed by atoms with Crippen molar-refractivity contribution in [2.75, 3.05) is 18.2 Å². The van der Waals surface area contributed by atoms with Crippen LogP contribution in [0.1, 0.15) is 30.9 Å². The Morgan fingerprint density at radius 2 is 2.00 bits per heavy atom. The first-order chi connectivity index (χ1) is 16.0. The van der Waals surface area contributed by atoms with Crippen LogP contribution in [0, 0.1) is 0 Å². The fourth-order valence-electron chi connectivity index (χ4n) is 3.56. The summed E-state index contributed by atoms with van der Waals surface area (Å²) in [4.78, 5) is 30.6. The average molecular weight is 480 g/mol. The molecule has 0 aliphatic rings. The van der Waals surface area contributed by atoms with E-state index in [2.05, 4.69) is 24.1 Å². The van der Waals surface area contributed by atoms with Gasteiger partial charge in [-0.05, 0) is 46.7 Å². The van der Waals surface area contributed by atoms with Crippen molar-refractivity contribution in [2.24, 2.45) is 0 Å². The van der Waals surface area contributed by atoms with Gasteiger partial charge in [-0.25, -0.2) is 4.98 Å². The Hall–Kier alpha value is -3.10. The molecule has 0 radical (unpaired) electrons. The van der Waals surface area contributed by atoms with E-state index in [1.165, 1.54) is 23.1 Å². The van der Waals surface area contributed by atoms with Crippen molar-refractivity contribution in [3.05, 3.63) is 81.5 Å². The molecule has 2 aromatic carbocycles. The number of carbonyl (C=O) groups is 1. The summed E-state index contributed by atoms with van der Waals surface area (Å²) in [5.41, 5.74) is 3.37. The molecular formula is C25H25N3O3S2. The first-order valence-electron chi connectivity index (χ1n) is 10.6. The Morgan fingerprint density at radius 1 is 1.18 bits per heavy atom. The maximum absolute atomic E-state index is 13.2. The average Bonchev–Trinajstić information content (AvgIpc) is 3.29. The Morgan fingerprint density at radius 3 is 2.79 bits per heavy atom. The molecule has 0 saturated heterocycles. The first-order valence-corrected chi connectivity index (χ1v) is 12.5. The van der Waals surface area contributed by atoms with Crippen LogP contribution in [0.4, 0.5) is 5.69 Å². The van der Waals surface area contributed by atoms with Crippen LogP contribution in [-0.4, -0.2) is 28.3 Å². The minimum atomic E-state index is -0.138. The van der Waals surface area contributed by atoms with E-state index in [9.17, 15) is 9.59 Å².